The van der Waals surface area contributed by atoms with Crippen LogP contribution in [-0.4, -0.2) is 71.0 Å². The number of anilines is 3. The summed E-state index contributed by atoms with van der Waals surface area (Å²) in [6, 6.07) is -0.481. The van der Waals surface area contributed by atoms with Gasteiger partial charge in [-0.2, -0.15) is 4.98 Å². The highest BCUT2D eigenvalue weighted by atomic mass is 19.3. The molecule has 3 heterocycles. The first-order valence-electron chi connectivity index (χ1n) is 11.2. The number of carbonyl (C=O) groups is 2. The van der Waals surface area contributed by atoms with Crippen molar-refractivity contribution in [2.45, 2.75) is 70.5 Å². The van der Waals surface area contributed by atoms with Crippen molar-refractivity contribution in [3.05, 3.63) is 5.69 Å². The Hall–Kier alpha value is -2.72. The molecule has 0 radical (unpaired) electrons. The van der Waals surface area contributed by atoms with Crippen LogP contribution in [0.3, 0.4) is 0 Å². The number of aromatic nitrogens is 2. The van der Waals surface area contributed by atoms with Crippen LogP contribution in [0.2, 0.25) is 0 Å². The van der Waals surface area contributed by atoms with Crippen molar-refractivity contribution >= 4 is 29.4 Å². The molecule has 3 aliphatic rings. The predicted octanol–water partition coefficient (Wildman–Crippen LogP) is 2.58. The molecule has 176 valence electrons. The normalized spacial score (nSPS) is 26.8. The monoisotopic (exact) mass is 451 g/mol. The number of hydrogen-bond acceptors (Lipinski definition) is 6. The summed E-state index contributed by atoms with van der Waals surface area (Å²) in [6.45, 7) is 5.99. The zero-order valence-corrected chi connectivity index (χ0v) is 18.9. The Labute approximate surface area is 186 Å². The number of urea groups is 1. The highest BCUT2D eigenvalue weighted by molar-refractivity contribution is 6.03. The van der Waals surface area contributed by atoms with Gasteiger partial charge < -0.3 is 25.8 Å². The number of rotatable bonds is 4. The molecule has 32 heavy (non-hydrogen) atoms. The Kier molecular flexibility index (Phi) is 5.85. The molecule has 1 saturated heterocycles. The second-order valence-corrected chi connectivity index (χ2v) is 9.42. The van der Waals surface area contributed by atoms with Crippen LogP contribution in [0.25, 0.3) is 0 Å². The third-order valence-corrected chi connectivity index (χ3v) is 6.55. The fourth-order valence-electron chi connectivity index (χ4n) is 4.62. The van der Waals surface area contributed by atoms with Gasteiger partial charge in [0.1, 0.15) is 11.7 Å². The van der Waals surface area contributed by atoms with Crippen LogP contribution >= 0.6 is 0 Å². The van der Waals surface area contributed by atoms with Gasteiger partial charge in [-0.1, -0.05) is 13.8 Å². The minimum atomic E-state index is -2.67. The van der Waals surface area contributed by atoms with E-state index in [1.54, 1.807) is 0 Å². The van der Waals surface area contributed by atoms with E-state index in [4.69, 9.17) is 0 Å². The molecular weight excluding hydrogens is 420 g/mol. The first-order valence-corrected chi connectivity index (χ1v) is 11.2. The van der Waals surface area contributed by atoms with Gasteiger partial charge in [0.2, 0.25) is 11.9 Å². The van der Waals surface area contributed by atoms with Gasteiger partial charge in [-0.15, -0.1) is 0 Å². The van der Waals surface area contributed by atoms with Gasteiger partial charge in [-0.3, -0.25) is 4.79 Å². The molecule has 1 aromatic rings. The Balaban J connectivity index is 1.32. The summed E-state index contributed by atoms with van der Waals surface area (Å²) in [4.78, 5) is 37.3. The van der Waals surface area contributed by atoms with Crippen LogP contribution in [-0.2, 0) is 4.79 Å². The summed E-state index contributed by atoms with van der Waals surface area (Å²) in [5.74, 6) is -1.43. The summed E-state index contributed by atoms with van der Waals surface area (Å²) in [7, 11) is 1.86. The van der Waals surface area contributed by atoms with Crippen LogP contribution in [0.1, 0.15) is 45.2 Å². The second kappa shape index (κ2) is 8.32. The minimum Gasteiger partial charge on any atom is -0.351 e. The van der Waals surface area contributed by atoms with E-state index in [9.17, 15) is 18.4 Å². The first kappa shape index (κ1) is 22.5. The van der Waals surface area contributed by atoms with Crippen molar-refractivity contribution in [1.29, 1.82) is 0 Å². The molecule has 1 saturated carbocycles. The summed E-state index contributed by atoms with van der Waals surface area (Å²) >= 11 is 0. The molecule has 1 atom stereocenters. The zero-order valence-electron chi connectivity index (χ0n) is 18.9. The maximum Gasteiger partial charge on any atom is 0.317 e. The molecule has 1 unspecified atom stereocenters. The number of hydrogen-bond donors (Lipinski definition) is 3. The van der Waals surface area contributed by atoms with Gasteiger partial charge in [0.05, 0.1) is 5.69 Å². The third-order valence-electron chi connectivity index (χ3n) is 6.55. The van der Waals surface area contributed by atoms with Crippen LogP contribution in [0, 0.1) is 12.8 Å². The smallest absolute Gasteiger partial charge is 0.317 e. The van der Waals surface area contributed by atoms with Crippen molar-refractivity contribution in [2.24, 2.45) is 5.92 Å². The molecule has 0 bridgehead atoms. The highest BCUT2D eigenvalue weighted by Crippen LogP contribution is 2.35. The SMILES string of the molecule is Cc1nc(NC2CC(NC(=O)N3CCC(F)(F)CC3)C2)nc2c1NC(=O)C(C(C)C)N2C. The Morgan fingerprint density at radius 3 is 2.47 bits per heavy atom. The number of carbonyl (C=O) groups excluding carboxylic acids is 2. The van der Waals surface area contributed by atoms with Gasteiger partial charge >= 0.3 is 6.03 Å². The quantitative estimate of drug-likeness (QED) is 0.650. The minimum absolute atomic E-state index is 0.00607. The Morgan fingerprint density at radius 2 is 1.84 bits per heavy atom. The van der Waals surface area contributed by atoms with E-state index in [0.717, 1.165) is 0 Å². The number of aryl methyl sites for hydroxylation is 1. The second-order valence-electron chi connectivity index (χ2n) is 9.42. The van der Waals surface area contributed by atoms with Crippen molar-refractivity contribution < 1.29 is 18.4 Å². The molecule has 3 amide bonds. The fraction of sp³-hybridized carbons (Fsp3) is 0.714. The number of piperidine rings is 1. The molecule has 1 aliphatic carbocycles. The lowest BCUT2D eigenvalue weighted by Crippen LogP contribution is -2.55. The number of nitrogens with zero attached hydrogens (tertiary/aromatic N) is 4. The topological polar surface area (TPSA) is 102 Å². The van der Waals surface area contributed by atoms with E-state index in [1.807, 2.05) is 32.7 Å². The van der Waals surface area contributed by atoms with Crippen LogP contribution in [0.15, 0.2) is 0 Å². The molecule has 2 fully saturated rings. The number of likely N-dealkylation sites (N-methyl/N-ethyl adjacent to an activating group) is 1. The molecule has 3 N–H and O–H groups in total. The lowest BCUT2D eigenvalue weighted by Gasteiger charge is -2.39. The van der Waals surface area contributed by atoms with E-state index in [-0.39, 0.29) is 61.9 Å². The molecule has 2 aliphatic heterocycles. The van der Waals surface area contributed by atoms with Gasteiger partial charge in [0, 0.05) is 45.1 Å². The van der Waals surface area contributed by atoms with Gasteiger partial charge in [-0.25, -0.2) is 18.6 Å². The number of nitrogens with one attached hydrogen (secondary N) is 3. The lowest BCUT2D eigenvalue weighted by molar-refractivity contribution is -0.118. The van der Waals surface area contributed by atoms with Crippen LogP contribution < -0.4 is 20.9 Å². The number of halogens is 2. The maximum absolute atomic E-state index is 13.3. The number of fused-ring (bicyclic) bond motifs is 1. The maximum atomic E-state index is 13.3. The van der Waals surface area contributed by atoms with E-state index >= 15 is 0 Å². The summed E-state index contributed by atoms with van der Waals surface area (Å²) in [6.07, 6.45) is 0.848. The summed E-state index contributed by atoms with van der Waals surface area (Å²) < 4.78 is 26.6. The van der Waals surface area contributed by atoms with Crippen LogP contribution in [0.4, 0.5) is 31.0 Å². The standard InChI is InChI=1S/C21H31F2N7O2/c1-11(2)16-18(31)27-15-12(3)24-19(28-17(15)29(16)4)25-13-9-14(10-13)26-20(32)30-7-5-21(22,23)6-8-30/h11,13-14,16H,5-10H2,1-4H3,(H,26,32)(H,27,31)(H,24,25,28). The van der Waals surface area contributed by atoms with E-state index in [0.29, 0.717) is 36.0 Å². The molecular formula is C21H31F2N7O2. The van der Waals surface area contributed by atoms with Gasteiger partial charge in [0.25, 0.3) is 5.92 Å². The van der Waals surface area contributed by atoms with Crippen LogP contribution in [0.5, 0.6) is 0 Å². The number of alkyl halides is 2. The largest absolute Gasteiger partial charge is 0.351 e. The van der Waals surface area contributed by atoms with Crippen molar-refractivity contribution in [1.82, 2.24) is 20.2 Å². The van der Waals surface area contributed by atoms with Gasteiger partial charge in [0.15, 0.2) is 5.82 Å². The van der Waals surface area contributed by atoms with Crippen molar-refractivity contribution in [3.63, 3.8) is 0 Å². The Morgan fingerprint density at radius 1 is 1.19 bits per heavy atom. The molecule has 0 spiro atoms. The van der Waals surface area contributed by atoms with E-state index in [2.05, 4.69) is 25.9 Å². The van der Waals surface area contributed by atoms with Gasteiger partial charge in [-0.05, 0) is 25.7 Å². The Bertz CT molecular complexity index is 894. The lowest BCUT2D eigenvalue weighted by atomic mass is 9.87. The molecule has 9 nitrogen and oxygen atoms in total. The van der Waals surface area contributed by atoms with E-state index < -0.39 is 5.92 Å². The van der Waals surface area contributed by atoms with Crippen molar-refractivity contribution in [2.75, 3.05) is 35.7 Å². The summed E-state index contributed by atoms with van der Waals surface area (Å²) in [5, 5.41) is 9.17. The fourth-order valence-corrected chi connectivity index (χ4v) is 4.62. The summed E-state index contributed by atoms with van der Waals surface area (Å²) in [5.41, 5.74) is 1.32. The number of likely N-dealkylation sites (tertiary alicyclic amines) is 1. The first-order chi connectivity index (χ1) is 15.0. The molecule has 0 aromatic carbocycles. The van der Waals surface area contributed by atoms with Crippen molar-refractivity contribution in [3.8, 4) is 0 Å². The number of amides is 3. The average Bonchev–Trinajstić information content (AvgIpc) is 2.67. The average molecular weight is 452 g/mol. The van der Waals surface area contributed by atoms with E-state index in [1.165, 1.54) is 4.90 Å². The third kappa shape index (κ3) is 4.42. The predicted molar refractivity (Wildman–Crippen MR) is 117 cm³/mol. The molecule has 1 aromatic heterocycles. The zero-order chi connectivity index (χ0) is 23.2. The highest BCUT2D eigenvalue weighted by Gasteiger charge is 2.38. The molecule has 4 rings (SSSR count). The molecule has 11 heteroatoms.